The van der Waals surface area contributed by atoms with Crippen LogP contribution in [0.2, 0.25) is 0 Å². The van der Waals surface area contributed by atoms with Crippen molar-refractivity contribution in [3.8, 4) is 0 Å². The molecule has 0 bridgehead atoms. The number of ether oxygens (including phenoxy) is 1. The fourth-order valence-electron chi connectivity index (χ4n) is 2.64. The first-order valence-corrected chi connectivity index (χ1v) is 7.73. The van der Waals surface area contributed by atoms with Crippen molar-refractivity contribution in [1.82, 2.24) is 5.32 Å². The highest BCUT2D eigenvalue weighted by molar-refractivity contribution is 5.67. The molecule has 0 radical (unpaired) electrons. The van der Waals surface area contributed by atoms with E-state index < -0.39 is 0 Å². The van der Waals surface area contributed by atoms with Gasteiger partial charge in [0, 0.05) is 6.04 Å². The second-order valence-corrected chi connectivity index (χ2v) is 5.75. The minimum absolute atomic E-state index is 0.281. The second-order valence-electron chi connectivity index (χ2n) is 5.75. The zero-order valence-electron chi connectivity index (χ0n) is 12.4. The maximum absolute atomic E-state index is 11.8. The van der Waals surface area contributed by atoms with E-state index in [9.17, 15) is 4.79 Å². The summed E-state index contributed by atoms with van der Waals surface area (Å²) in [4.78, 5) is 11.8. The molecular formula is C17H25NO2. The molecule has 1 aromatic carbocycles. The Balaban J connectivity index is 1.72. The first-order chi connectivity index (χ1) is 9.74. The number of carbonyl (C=O) groups is 1. The minimum Gasteiger partial charge on any atom is -0.445 e. The Kier molecular flexibility index (Phi) is 5.90. The van der Waals surface area contributed by atoms with Gasteiger partial charge in [-0.2, -0.15) is 0 Å². The molecule has 1 amide bonds. The summed E-state index contributed by atoms with van der Waals surface area (Å²) in [5, 5.41) is 3.01. The molecule has 1 aliphatic carbocycles. The van der Waals surface area contributed by atoms with Gasteiger partial charge in [0.25, 0.3) is 0 Å². The van der Waals surface area contributed by atoms with Crippen molar-refractivity contribution in [2.24, 2.45) is 0 Å². The van der Waals surface area contributed by atoms with Crippen molar-refractivity contribution in [3.63, 3.8) is 0 Å². The van der Waals surface area contributed by atoms with Crippen LogP contribution in [-0.2, 0) is 11.3 Å². The Labute approximate surface area is 121 Å². The average Bonchev–Trinajstić information content (AvgIpc) is 2.41. The van der Waals surface area contributed by atoms with Gasteiger partial charge in [0.2, 0.25) is 0 Å². The van der Waals surface area contributed by atoms with Gasteiger partial charge < -0.3 is 10.1 Å². The summed E-state index contributed by atoms with van der Waals surface area (Å²) in [6.07, 6.45) is 8.22. The summed E-state index contributed by atoms with van der Waals surface area (Å²) in [5.74, 6) is 0. The Morgan fingerprint density at radius 3 is 2.35 bits per heavy atom. The van der Waals surface area contributed by atoms with Crippen molar-refractivity contribution in [1.29, 1.82) is 0 Å². The predicted molar refractivity (Wildman–Crippen MR) is 80.6 cm³/mol. The monoisotopic (exact) mass is 275 g/mol. The largest absolute Gasteiger partial charge is 0.445 e. The fraction of sp³-hybridized carbons (Fsp3) is 0.588. The summed E-state index contributed by atoms with van der Waals surface area (Å²) in [5.41, 5.74) is 2.25. The van der Waals surface area contributed by atoms with Crippen LogP contribution in [0.3, 0.4) is 0 Å². The minimum atomic E-state index is -0.281. The van der Waals surface area contributed by atoms with Crippen molar-refractivity contribution in [3.05, 3.63) is 35.4 Å². The number of carbonyl (C=O) groups excluding carboxylic acids is 1. The molecule has 110 valence electrons. The van der Waals surface area contributed by atoms with Gasteiger partial charge in [0.1, 0.15) is 6.61 Å². The van der Waals surface area contributed by atoms with Crippen LogP contribution in [0.25, 0.3) is 0 Å². The highest BCUT2D eigenvalue weighted by atomic mass is 16.5. The number of hydrogen-bond donors (Lipinski definition) is 1. The Bertz CT molecular complexity index is 406. The van der Waals surface area contributed by atoms with Gasteiger partial charge >= 0.3 is 6.09 Å². The van der Waals surface area contributed by atoms with Gasteiger partial charge in [-0.15, -0.1) is 0 Å². The predicted octanol–water partition coefficient (Wildman–Crippen LogP) is 4.33. The third kappa shape index (κ3) is 5.24. The van der Waals surface area contributed by atoms with Crippen LogP contribution < -0.4 is 5.32 Å². The summed E-state index contributed by atoms with van der Waals surface area (Å²) in [6, 6.07) is 8.36. The lowest BCUT2D eigenvalue weighted by Crippen LogP contribution is -2.35. The van der Waals surface area contributed by atoms with Gasteiger partial charge in [0.15, 0.2) is 0 Å². The van der Waals surface area contributed by atoms with E-state index >= 15 is 0 Å². The van der Waals surface area contributed by atoms with E-state index in [-0.39, 0.29) is 6.09 Å². The number of benzene rings is 1. The quantitative estimate of drug-likeness (QED) is 0.891. The summed E-state index contributed by atoms with van der Waals surface area (Å²) >= 11 is 0. The Morgan fingerprint density at radius 1 is 1.10 bits per heavy atom. The van der Waals surface area contributed by atoms with Crippen molar-refractivity contribution >= 4 is 6.09 Å². The van der Waals surface area contributed by atoms with Crippen LogP contribution >= 0.6 is 0 Å². The Hall–Kier alpha value is -1.51. The molecule has 0 saturated heterocycles. The highest BCUT2D eigenvalue weighted by Gasteiger charge is 2.14. The van der Waals surface area contributed by atoms with Gasteiger partial charge in [-0.3, -0.25) is 0 Å². The van der Waals surface area contributed by atoms with Gasteiger partial charge in [-0.25, -0.2) is 4.79 Å². The molecule has 1 aromatic rings. The molecule has 0 aromatic heterocycles. The van der Waals surface area contributed by atoms with Crippen LogP contribution in [0, 0.1) is 6.92 Å². The van der Waals surface area contributed by atoms with Crippen LogP contribution in [-0.4, -0.2) is 12.1 Å². The molecular weight excluding hydrogens is 250 g/mol. The van der Waals surface area contributed by atoms with Crippen LogP contribution in [0.5, 0.6) is 0 Å². The molecule has 20 heavy (non-hydrogen) atoms. The van der Waals surface area contributed by atoms with E-state index in [4.69, 9.17) is 4.74 Å². The molecule has 0 atom stereocenters. The topological polar surface area (TPSA) is 38.3 Å². The van der Waals surface area contributed by atoms with E-state index in [0.717, 1.165) is 18.4 Å². The normalized spacial score (nSPS) is 17.1. The molecule has 0 heterocycles. The van der Waals surface area contributed by atoms with E-state index in [2.05, 4.69) is 5.32 Å². The number of alkyl carbamates (subject to hydrolysis) is 1. The zero-order chi connectivity index (χ0) is 14.2. The smallest absolute Gasteiger partial charge is 0.407 e. The van der Waals surface area contributed by atoms with Crippen molar-refractivity contribution in [2.75, 3.05) is 0 Å². The van der Waals surface area contributed by atoms with Gasteiger partial charge in [-0.05, 0) is 25.3 Å². The molecule has 0 spiro atoms. The third-order valence-electron chi connectivity index (χ3n) is 3.92. The number of aryl methyl sites for hydroxylation is 1. The van der Waals surface area contributed by atoms with Crippen LogP contribution in [0.1, 0.15) is 56.1 Å². The molecule has 1 saturated carbocycles. The zero-order valence-corrected chi connectivity index (χ0v) is 12.4. The standard InChI is InChI=1S/C17H25NO2/c1-14-9-11-15(12-10-14)13-20-17(19)18-16-7-5-3-2-4-6-8-16/h9-12,16H,2-8,13H2,1H3,(H,18,19). The molecule has 3 heteroatoms. The van der Waals surface area contributed by atoms with Crippen LogP contribution in [0.4, 0.5) is 4.79 Å². The van der Waals surface area contributed by atoms with E-state index in [1.165, 1.54) is 37.7 Å². The number of amides is 1. The van der Waals surface area contributed by atoms with E-state index in [0.29, 0.717) is 12.6 Å². The maximum Gasteiger partial charge on any atom is 0.407 e. The number of rotatable bonds is 3. The third-order valence-corrected chi connectivity index (χ3v) is 3.92. The Morgan fingerprint density at radius 2 is 1.70 bits per heavy atom. The second kappa shape index (κ2) is 7.93. The first kappa shape index (κ1) is 14.9. The van der Waals surface area contributed by atoms with Crippen molar-refractivity contribution < 1.29 is 9.53 Å². The SMILES string of the molecule is Cc1ccc(COC(=O)NC2CCCCCCC2)cc1. The maximum atomic E-state index is 11.8. The molecule has 3 nitrogen and oxygen atoms in total. The first-order valence-electron chi connectivity index (χ1n) is 7.73. The molecule has 1 N–H and O–H groups in total. The lowest BCUT2D eigenvalue weighted by Gasteiger charge is -2.20. The summed E-state index contributed by atoms with van der Waals surface area (Å²) in [6.45, 7) is 2.39. The number of nitrogens with one attached hydrogen (secondary N) is 1. The van der Waals surface area contributed by atoms with Gasteiger partial charge in [-0.1, -0.05) is 61.9 Å². The van der Waals surface area contributed by atoms with Gasteiger partial charge in [0.05, 0.1) is 0 Å². The number of hydrogen-bond acceptors (Lipinski definition) is 2. The molecule has 1 fully saturated rings. The van der Waals surface area contributed by atoms with E-state index in [1.54, 1.807) is 0 Å². The summed E-state index contributed by atoms with van der Waals surface area (Å²) < 4.78 is 5.29. The molecule has 2 rings (SSSR count). The molecule has 0 aliphatic heterocycles. The molecule has 0 unspecified atom stereocenters. The lowest BCUT2D eigenvalue weighted by atomic mass is 9.97. The fourth-order valence-corrected chi connectivity index (χ4v) is 2.64. The van der Waals surface area contributed by atoms with E-state index in [1.807, 2.05) is 31.2 Å². The summed E-state index contributed by atoms with van der Waals surface area (Å²) in [7, 11) is 0. The molecule has 1 aliphatic rings. The average molecular weight is 275 g/mol. The van der Waals surface area contributed by atoms with Crippen LogP contribution in [0.15, 0.2) is 24.3 Å². The van der Waals surface area contributed by atoms with Crippen molar-refractivity contribution in [2.45, 2.75) is 64.5 Å². The highest BCUT2D eigenvalue weighted by Crippen LogP contribution is 2.17. The lowest BCUT2D eigenvalue weighted by molar-refractivity contribution is 0.133.